The first-order valence-electron chi connectivity index (χ1n) is 17.9. The summed E-state index contributed by atoms with van der Waals surface area (Å²) in [7, 11) is 0. The number of hydrogen-bond donors (Lipinski definition) is 8. The molecule has 4 saturated carbocycles. The van der Waals surface area contributed by atoms with Crippen LogP contribution < -0.4 is 42.5 Å². The van der Waals surface area contributed by atoms with Gasteiger partial charge in [0.15, 0.2) is 0 Å². The minimum absolute atomic E-state index is 0. The Morgan fingerprint density at radius 2 is 0.357 bits per heavy atom. The van der Waals surface area contributed by atoms with E-state index in [4.69, 9.17) is 0 Å². The van der Waals surface area contributed by atoms with Crippen LogP contribution in [0.5, 0.6) is 0 Å². The van der Waals surface area contributed by atoms with Gasteiger partial charge in [0, 0.05) is 21.7 Å². The van der Waals surface area contributed by atoms with Crippen molar-refractivity contribution in [1.29, 1.82) is 0 Å². The van der Waals surface area contributed by atoms with Crippen molar-refractivity contribution in [1.82, 2.24) is 42.5 Å². The zero-order chi connectivity index (χ0) is 26.2. The van der Waals surface area contributed by atoms with Gasteiger partial charge in [-0.05, 0) is 98.7 Å². The summed E-state index contributed by atoms with van der Waals surface area (Å²) in [6.07, 6.45) is 25.6. The van der Waals surface area contributed by atoms with Crippen LogP contribution in [0.25, 0.3) is 0 Å². The molecule has 9 aliphatic rings. The van der Waals surface area contributed by atoms with Crippen molar-refractivity contribution >= 4 is 0 Å². The Labute approximate surface area is 268 Å². The molecule has 5 saturated heterocycles. The van der Waals surface area contributed by atoms with E-state index < -0.39 is 0 Å². The SMILES string of the molecule is C1CCC2C3NC(NC4NC(NC5NC(NC6NC(N3)C3CCCCC63)C3CCCCC53)C3CCCCC43)C2C1.O.[Ti]. The summed E-state index contributed by atoms with van der Waals surface area (Å²) in [5, 5.41) is 33.8. The molecule has 8 unspecified atom stereocenters. The maximum absolute atomic E-state index is 4.26. The fourth-order valence-corrected chi connectivity index (χ4v) is 12.0. The number of fused-ring (bicyclic) bond motifs is 20. The van der Waals surface area contributed by atoms with Crippen LogP contribution in [-0.4, -0.2) is 54.8 Å². The molecule has 0 amide bonds. The van der Waals surface area contributed by atoms with Crippen LogP contribution in [0.1, 0.15) is 103 Å². The largest absolute Gasteiger partial charge is 0.412 e. The van der Waals surface area contributed by atoms with Gasteiger partial charge in [0.25, 0.3) is 0 Å². The van der Waals surface area contributed by atoms with Gasteiger partial charge in [-0.15, -0.1) is 0 Å². The van der Waals surface area contributed by atoms with Gasteiger partial charge in [-0.3, -0.25) is 42.5 Å². The molecule has 4 aliphatic carbocycles. The van der Waals surface area contributed by atoms with Crippen LogP contribution in [-0.2, 0) is 21.7 Å². The molecule has 8 bridgehead atoms. The molecule has 5 aliphatic heterocycles. The van der Waals surface area contributed by atoms with Crippen molar-refractivity contribution in [3.63, 3.8) is 0 Å². The smallest absolute Gasteiger partial charge is 0.0628 e. The predicted molar refractivity (Wildman–Crippen MR) is 161 cm³/mol. The quantitative estimate of drug-likeness (QED) is 0.193. The molecule has 0 aromatic carbocycles. The first-order chi connectivity index (χ1) is 19.8. The Morgan fingerprint density at radius 1 is 0.238 bits per heavy atom. The van der Waals surface area contributed by atoms with Gasteiger partial charge in [0.2, 0.25) is 0 Å². The molecule has 42 heavy (non-hydrogen) atoms. The molecule has 236 valence electrons. The van der Waals surface area contributed by atoms with Crippen molar-refractivity contribution in [2.75, 3.05) is 0 Å². The van der Waals surface area contributed by atoms with Gasteiger partial charge >= 0.3 is 0 Å². The van der Waals surface area contributed by atoms with Gasteiger partial charge in [-0.25, -0.2) is 0 Å². The molecule has 9 fully saturated rings. The summed E-state index contributed by atoms with van der Waals surface area (Å²) >= 11 is 0. The molecule has 8 atom stereocenters. The Bertz CT molecular complexity index is 723. The zero-order valence-corrected chi connectivity index (χ0v) is 27.1. The second-order valence-electron chi connectivity index (χ2n) is 15.6. The summed E-state index contributed by atoms with van der Waals surface area (Å²) < 4.78 is 0. The van der Waals surface area contributed by atoms with Gasteiger partial charge < -0.3 is 5.48 Å². The van der Waals surface area contributed by atoms with Gasteiger partial charge in [0.05, 0.1) is 49.3 Å². The molecular weight excluding hydrogens is 560 g/mol. The predicted octanol–water partition coefficient (Wildman–Crippen LogP) is 1.78. The third-order valence-electron chi connectivity index (χ3n) is 13.8. The van der Waals surface area contributed by atoms with E-state index in [0.717, 1.165) is 47.3 Å². The van der Waals surface area contributed by atoms with Crippen molar-refractivity contribution in [2.45, 2.75) is 152 Å². The van der Waals surface area contributed by atoms with Crippen molar-refractivity contribution in [3.05, 3.63) is 0 Å². The van der Waals surface area contributed by atoms with E-state index in [1.54, 1.807) is 0 Å². The number of nitrogens with one attached hydrogen (secondary N) is 8. The first kappa shape index (κ1) is 31.0. The molecule has 9 nitrogen and oxygen atoms in total. The molecule has 0 spiro atoms. The van der Waals surface area contributed by atoms with E-state index in [0.29, 0.717) is 49.3 Å². The first-order valence-corrected chi connectivity index (χ1v) is 17.9. The van der Waals surface area contributed by atoms with Crippen molar-refractivity contribution in [3.8, 4) is 0 Å². The second kappa shape index (κ2) is 12.9. The van der Waals surface area contributed by atoms with E-state index in [1.807, 2.05) is 0 Å². The standard InChI is InChI=1S/C32H56N8.H2O.Ti/c1-2-10-18-17(9-1)25-33-26(18)38-28-21-13-5-6-14-22(21)30(35-28)40-32-24-16-8-7-15-23(24)31(36-32)39-29-20-12-4-3-11-19(20)27(34-29)37-25;;/h17-40H,1-16H2;1H2;. The zero-order valence-electron chi connectivity index (χ0n) is 25.6. The average Bonchev–Trinajstić information content (AvgIpc) is 3.73. The maximum Gasteiger partial charge on any atom is 0.0628 e. The van der Waals surface area contributed by atoms with Crippen LogP contribution in [0.15, 0.2) is 0 Å². The third kappa shape index (κ3) is 5.32. The Morgan fingerprint density at radius 3 is 0.476 bits per heavy atom. The Kier molecular flexibility index (Phi) is 9.49. The molecule has 10 heteroatoms. The average molecular weight is 619 g/mol. The summed E-state index contributed by atoms with van der Waals surface area (Å²) in [6, 6.07) is 0. The fraction of sp³-hybridized carbons (Fsp3) is 1.00. The molecule has 9 rings (SSSR count). The fourth-order valence-electron chi connectivity index (χ4n) is 12.0. The monoisotopic (exact) mass is 618 g/mol. The molecule has 0 radical (unpaired) electrons. The Hall–Kier alpha value is 0.354. The molecule has 10 N–H and O–H groups in total. The summed E-state index contributed by atoms with van der Waals surface area (Å²) in [6.45, 7) is 0. The van der Waals surface area contributed by atoms with Crippen LogP contribution in [0.3, 0.4) is 0 Å². The minimum Gasteiger partial charge on any atom is -0.412 e. The molecule has 0 aromatic rings. The van der Waals surface area contributed by atoms with E-state index in [2.05, 4.69) is 42.5 Å². The second-order valence-corrected chi connectivity index (χ2v) is 15.6. The van der Waals surface area contributed by atoms with Crippen molar-refractivity contribution < 1.29 is 27.2 Å². The van der Waals surface area contributed by atoms with E-state index in [9.17, 15) is 0 Å². The number of rotatable bonds is 0. The van der Waals surface area contributed by atoms with Crippen molar-refractivity contribution in [2.24, 2.45) is 47.3 Å². The summed E-state index contributed by atoms with van der Waals surface area (Å²) in [4.78, 5) is 0. The summed E-state index contributed by atoms with van der Waals surface area (Å²) in [5.41, 5.74) is 0. The normalized spacial score (nSPS) is 54.9. The molecule has 5 heterocycles. The van der Waals surface area contributed by atoms with Crippen LogP contribution in [0.2, 0.25) is 0 Å². The van der Waals surface area contributed by atoms with Gasteiger partial charge in [-0.2, -0.15) is 0 Å². The van der Waals surface area contributed by atoms with Crippen LogP contribution >= 0.6 is 0 Å². The minimum atomic E-state index is 0. The van der Waals surface area contributed by atoms with E-state index in [-0.39, 0.29) is 27.2 Å². The molecular formula is C32H58N8OTi. The van der Waals surface area contributed by atoms with Crippen LogP contribution in [0, 0.1) is 47.3 Å². The van der Waals surface area contributed by atoms with Gasteiger partial charge in [-0.1, -0.05) is 51.4 Å². The van der Waals surface area contributed by atoms with Crippen LogP contribution in [0.4, 0.5) is 0 Å². The van der Waals surface area contributed by atoms with E-state index >= 15 is 0 Å². The topological polar surface area (TPSA) is 128 Å². The number of hydrogen-bond acceptors (Lipinski definition) is 8. The molecule has 0 aromatic heterocycles. The van der Waals surface area contributed by atoms with E-state index in [1.165, 1.54) is 103 Å². The van der Waals surface area contributed by atoms with Gasteiger partial charge in [0.1, 0.15) is 0 Å². The summed E-state index contributed by atoms with van der Waals surface area (Å²) in [5.74, 6) is 5.97. The maximum atomic E-state index is 4.26. The Balaban J connectivity index is 0.00000144. The third-order valence-corrected chi connectivity index (χ3v) is 13.8.